The van der Waals surface area contributed by atoms with Crippen LogP contribution in [0.1, 0.15) is 53.9 Å². The van der Waals surface area contributed by atoms with Gasteiger partial charge in [-0.05, 0) is 75.9 Å². The predicted molar refractivity (Wildman–Crippen MR) is 114 cm³/mol. The van der Waals surface area contributed by atoms with Gasteiger partial charge in [0.1, 0.15) is 0 Å². The summed E-state index contributed by atoms with van der Waals surface area (Å²) in [5.74, 6) is 1.24. The number of anilines is 1. The SMILES string of the molecule is CN1CCC(N[C@@H]2C[C@H]2c2cccc(C(=O)Nc3cnn(CC4CC4)c3)c2)CC1. The molecule has 29 heavy (non-hydrogen) atoms. The zero-order valence-corrected chi connectivity index (χ0v) is 17.2. The molecule has 5 rings (SSSR count). The third-order valence-electron chi connectivity index (χ3n) is 6.57. The van der Waals surface area contributed by atoms with Crippen LogP contribution in [0.15, 0.2) is 36.7 Å². The number of aromatic nitrogens is 2. The molecule has 3 aliphatic rings. The average molecular weight is 394 g/mol. The van der Waals surface area contributed by atoms with E-state index in [0.29, 0.717) is 18.0 Å². The summed E-state index contributed by atoms with van der Waals surface area (Å²) in [6, 6.07) is 9.32. The Morgan fingerprint density at radius 2 is 2.03 bits per heavy atom. The minimum atomic E-state index is -0.0571. The van der Waals surface area contributed by atoms with Gasteiger partial charge in [-0.2, -0.15) is 5.10 Å². The molecule has 0 spiro atoms. The van der Waals surface area contributed by atoms with Crippen LogP contribution in [0.25, 0.3) is 0 Å². The van der Waals surface area contributed by atoms with Gasteiger partial charge in [0.2, 0.25) is 0 Å². The highest BCUT2D eigenvalue weighted by molar-refractivity contribution is 6.04. The number of benzene rings is 1. The number of amides is 1. The second-order valence-corrected chi connectivity index (χ2v) is 9.17. The van der Waals surface area contributed by atoms with Crippen LogP contribution in [0.3, 0.4) is 0 Å². The lowest BCUT2D eigenvalue weighted by Crippen LogP contribution is -2.42. The highest BCUT2D eigenvalue weighted by Gasteiger charge is 2.39. The fourth-order valence-corrected chi connectivity index (χ4v) is 4.43. The molecule has 1 amide bonds. The molecule has 1 saturated heterocycles. The molecule has 1 aromatic heterocycles. The number of nitrogens with zero attached hydrogens (tertiary/aromatic N) is 3. The second-order valence-electron chi connectivity index (χ2n) is 9.17. The van der Waals surface area contributed by atoms with Crippen molar-refractivity contribution in [1.29, 1.82) is 0 Å². The molecule has 2 saturated carbocycles. The first-order valence-corrected chi connectivity index (χ1v) is 11.0. The average Bonchev–Trinajstić information content (AvgIpc) is 3.64. The van der Waals surface area contributed by atoms with E-state index in [1.54, 1.807) is 6.20 Å². The van der Waals surface area contributed by atoms with Gasteiger partial charge in [-0.15, -0.1) is 0 Å². The molecule has 3 fully saturated rings. The Morgan fingerprint density at radius 3 is 2.83 bits per heavy atom. The Bertz CT molecular complexity index is 866. The third-order valence-corrected chi connectivity index (χ3v) is 6.57. The van der Waals surface area contributed by atoms with Crippen molar-refractivity contribution in [3.05, 3.63) is 47.8 Å². The number of likely N-dealkylation sites (tertiary alicyclic amines) is 1. The maximum atomic E-state index is 12.7. The van der Waals surface area contributed by atoms with Crippen LogP contribution in [0.5, 0.6) is 0 Å². The topological polar surface area (TPSA) is 62.2 Å². The van der Waals surface area contributed by atoms with Gasteiger partial charge in [-0.25, -0.2) is 0 Å². The molecule has 0 bridgehead atoms. The first kappa shape index (κ1) is 18.8. The summed E-state index contributed by atoms with van der Waals surface area (Å²) in [5.41, 5.74) is 2.77. The lowest BCUT2D eigenvalue weighted by Gasteiger charge is -2.29. The number of piperidine rings is 1. The standard InChI is InChI=1S/C23H31N5O/c1-27-9-7-19(8-10-27)25-22-12-21(22)17-3-2-4-18(11-17)23(29)26-20-13-24-28(15-20)14-16-5-6-16/h2-4,11,13,15-16,19,21-22,25H,5-10,12,14H2,1H3,(H,26,29)/t21-,22+/m0/s1. The van der Waals surface area contributed by atoms with Crippen LogP contribution in [-0.2, 0) is 6.54 Å². The van der Waals surface area contributed by atoms with Crippen molar-refractivity contribution in [1.82, 2.24) is 20.0 Å². The van der Waals surface area contributed by atoms with E-state index in [4.69, 9.17) is 0 Å². The van der Waals surface area contributed by atoms with Crippen molar-refractivity contribution in [3.8, 4) is 0 Å². The van der Waals surface area contributed by atoms with E-state index in [1.165, 1.54) is 50.8 Å². The molecule has 6 nitrogen and oxygen atoms in total. The van der Waals surface area contributed by atoms with Gasteiger partial charge >= 0.3 is 0 Å². The molecule has 2 heterocycles. The minimum Gasteiger partial charge on any atom is -0.319 e. The monoisotopic (exact) mass is 393 g/mol. The first-order valence-electron chi connectivity index (χ1n) is 11.0. The van der Waals surface area contributed by atoms with E-state index in [1.807, 2.05) is 23.0 Å². The molecule has 2 aliphatic carbocycles. The highest BCUT2D eigenvalue weighted by Crippen LogP contribution is 2.41. The third kappa shape index (κ3) is 4.70. The molecule has 2 N–H and O–H groups in total. The van der Waals surface area contributed by atoms with E-state index < -0.39 is 0 Å². The molecule has 154 valence electrons. The van der Waals surface area contributed by atoms with E-state index in [0.717, 1.165) is 23.7 Å². The molecule has 1 aromatic carbocycles. The summed E-state index contributed by atoms with van der Waals surface area (Å²) >= 11 is 0. The van der Waals surface area contributed by atoms with Crippen LogP contribution in [0.4, 0.5) is 5.69 Å². The number of carbonyl (C=O) groups is 1. The normalized spacial score (nSPS) is 25.1. The predicted octanol–water partition coefficient (Wildman–Crippen LogP) is 3.09. The van der Waals surface area contributed by atoms with E-state index in [-0.39, 0.29) is 5.91 Å². The molecular formula is C23H31N5O. The molecule has 1 aliphatic heterocycles. The molecule has 6 heteroatoms. The fourth-order valence-electron chi connectivity index (χ4n) is 4.43. The summed E-state index contributed by atoms with van der Waals surface area (Å²) in [5, 5.41) is 11.2. The Hall–Kier alpha value is -2.18. The number of rotatable bonds is 7. The summed E-state index contributed by atoms with van der Waals surface area (Å²) in [6.45, 7) is 3.32. The lowest BCUT2D eigenvalue weighted by molar-refractivity contribution is 0.102. The van der Waals surface area contributed by atoms with E-state index >= 15 is 0 Å². The highest BCUT2D eigenvalue weighted by atomic mass is 16.1. The van der Waals surface area contributed by atoms with Crippen molar-refractivity contribution in [3.63, 3.8) is 0 Å². The van der Waals surface area contributed by atoms with Gasteiger partial charge in [-0.3, -0.25) is 9.48 Å². The maximum Gasteiger partial charge on any atom is 0.255 e. The second kappa shape index (κ2) is 7.92. The molecule has 2 aromatic rings. The Morgan fingerprint density at radius 1 is 1.21 bits per heavy atom. The van der Waals surface area contributed by atoms with Crippen molar-refractivity contribution in [2.75, 3.05) is 25.5 Å². The van der Waals surface area contributed by atoms with Crippen LogP contribution in [-0.4, -0.2) is 52.8 Å². The zero-order valence-electron chi connectivity index (χ0n) is 17.2. The quantitative estimate of drug-likeness (QED) is 0.759. The number of hydrogen-bond donors (Lipinski definition) is 2. The van der Waals surface area contributed by atoms with Crippen LogP contribution in [0.2, 0.25) is 0 Å². The summed E-state index contributed by atoms with van der Waals surface area (Å²) in [4.78, 5) is 15.1. The van der Waals surface area contributed by atoms with Gasteiger partial charge in [0.25, 0.3) is 5.91 Å². The van der Waals surface area contributed by atoms with Crippen LogP contribution in [0, 0.1) is 5.92 Å². The smallest absolute Gasteiger partial charge is 0.255 e. The molecule has 0 unspecified atom stereocenters. The Balaban J connectivity index is 1.16. The Labute approximate surface area is 172 Å². The van der Waals surface area contributed by atoms with E-state index in [2.05, 4.69) is 39.8 Å². The van der Waals surface area contributed by atoms with Gasteiger partial charge in [0, 0.05) is 36.3 Å². The van der Waals surface area contributed by atoms with Crippen molar-refractivity contribution >= 4 is 11.6 Å². The van der Waals surface area contributed by atoms with Gasteiger partial charge in [0.05, 0.1) is 11.9 Å². The number of nitrogens with one attached hydrogen (secondary N) is 2. The van der Waals surface area contributed by atoms with Gasteiger partial charge in [-0.1, -0.05) is 12.1 Å². The summed E-state index contributed by atoms with van der Waals surface area (Å²) in [6.07, 6.45) is 9.90. The van der Waals surface area contributed by atoms with Gasteiger partial charge < -0.3 is 15.5 Å². The fraction of sp³-hybridized carbons (Fsp3) is 0.565. The minimum absolute atomic E-state index is 0.0571. The maximum absolute atomic E-state index is 12.7. The van der Waals surface area contributed by atoms with E-state index in [9.17, 15) is 4.79 Å². The Kier molecular flexibility index (Phi) is 5.14. The lowest BCUT2D eigenvalue weighted by atomic mass is 10.0. The summed E-state index contributed by atoms with van der Waals surface area (Å²) in [7, 11) is 2.20. The molecule has 2 atom stereocenters. The number of hydrogen-bond acceptors (Lipinski definition) is 4. The largest absolute Gasteiger partial charge is 0.319 e. The first-order chi connectivity index (χ1) is 14.1. The van der Waals surface area contributed by atoms with Gasteiger partial charge in [0.15, 0.2) is 0 Å². The van der Waals surface area contributed by atoms with Crippen LogP contribution >= 0.6 is 0 Å². The molecule has 0 radical (unpaired) electrons. The molecular weight excluding hydrogens is 362 g/mol. The zero-order chi connectivity index (χ0) is 19.8. The number of carbonyl (C=O) groups excluding carboxylic acids is 1. The summed E-state index contributed by atoms with van der Waals surface area (Å²) < 4.78 is 1.94. The van der Waals surface area contributed by atoms with Crippen molar-refractivity contribution in [2.24, 2.45) is 5.92 Å². The van der Waals surface area contributed by atoms with Crippen LogP contribution < -0.4 is 10.6 Å². The van der Waals surface area contributed by atoms with Crippen molar-refractivity contribution < 1.29 is 4.79 Å². The van der Waals surface area contributed by atoms with Crippen molar-refractivity contribution in [2.45, 2.75) is 56.7 Å².